The first-order valence-electron chi connectivity index (χ1n) is 10.3. The van der Waals surface area contributed by atoms with Gasteiger partial charge in [0, 0.05) is 22.6 Å². The van der Waals surface area contributed by atoms with Gasteiger partial charge in [0.25, 0.3) is 0 Å². The first-order chi connectivity index (χ1) is 16.5. The molecule has 0 spiro atoms. The van der Waals surface area contributed by atoms with E-state index in [0.29, 0.717) is 22.8 Å². The number of benzene rings is 3. The monoisotopic (exact) mass is 477 g/mol. The average molecular weight is 478 g/mol. The second-order valence-corrected chi connectivity index (χ2v) is 8.04. The molecule has 8 nitrogen and oxygen atoms in total. The Hall–Kier alpha value is -4.24. The lowest BCUT2D eigenvalue weighted by Gasteiger charge is -2.11. The number of ether oxygens (including phenoxy) is 2. The van der Waals surface area contributed by atoms with Crippen LogP contribution in [-0.2, 0) is 6.54 Å². The molecule has 0 amide bonds. The maximum atomic E-state index is 10.2. The minimum atomic E-state index is -0.606. The van der Waals surface area contributed by atoms with Crippen molar-refractivity contribution >= 4 is 17.6 Å². The van der Waals surface area contributed by atoms with Gasteiger partial charge in [-0.25, -0.2) is 4.68 Å². The maximum Gasteiger partial charge on any atom is 0.206 e. The summed E-state index contributed by atoms with van der Waals surface area (Å²) in [6.07, 6.45) is 1.39. The van der Waals surface area contributed by atoms with E-state index >= 15 is 0 Å². The fraction of sp³-hybridized carbons (Fsp3) is 0.120. The normalized spacial score (nSPS) is 11.8. The zero-order chi connectivity index (χ0) is 24.1. The summed E-state index contributed by atoms with van der Waals surface area (Å²) >= 11 is 1.41. The summed E-state index contributed by atoms with van der Waals surface area (Å²) in [6.45, 7) is 0.460. The van der Waals surface area contributed by atoms with E-state index in [1.807, 2.05) is 47.8 Å². The summed E-state index contributed by atoms with van der Waals surface area (Å²) in [5, 5.41) is 36.1. The van der Waals surface area contributed by atoms with Crippen LogP contribution in [0.25, 0.3) is 11.3 Å². The van der Waals surface area contributed by atoms with E-state index in [4.69, 9.17) is 14.5 Å². The SMILES string of the molecule is COc1ccc(-c2csc(=NCc3ccccc3)n2N=Cc2ccc(O)c(O)c2O)c(OC)c1. The van der Waals surface area contributed by atoms with E-state index in [9.17, 15) is 15.3 Å². The molecule has 0 aliphatic heterocycles. The summed E-state index contributed by atoms with van der Waals surface area (Å²) in [6, 6.07) is 18.1. The van der Waals surface area contributed by atoms with Crippen molar-refractivity contribution in [1.29, 1.82) is 0 Å². The van der Waals surface area contributed by atoms with Gasteiger partial charge in [-0.3, -0.25) is 4.99 Å². The van der Waals surface area contributed by atoms with E-state index in [1.54, 1.807) is 25.0 Å². The fourth-order valence-corrected chi connectivity index (χ4v) is 4.09. The molecule has 3 N–H and O–H groups in total. The van der Waals surface area contributed by atoms with Gasteiger partial charge in [0.1, 0.15) is 11.5 Å². The van der Waals surface area contributed by atoms with Crippen molar-refractivity contribution in [3.05, 3.63) is 82.0 Å². The van der Waals surface area contributed by atoms with Crippen molar-refractivity contribution in [2.24, 2.45) is 10.1 Å². The smallest absolute Gasteiger partial charge is 0.206 e. The molecule has 0 atom stereocenters. The molecule has 1 heterocycles. The van der Waals surface area contributed by atoms with Gasteiger partial charge in [-0.15, -0.1) is 11.3 Å². The lowest BCUT2D eigenvalue weighted by Crippen LogP contribution is -2.12. The van der Waals surface area contributed by atoms with E-state index < -0.39 is 17.2 Å². The van der Waals surface area contributed by atoms with Crippen molar-refractivity contribution in [2.45, 2.75) is 6.54 Å². The van der Waals surface area contributed by atoms with E-state index in [2.05, 4.69) is 5.10 Å². The summed E-state index contributed by atoms with van der Waals surface area (Å²) in [7, 11) is 3.17. The minimum absolute atomic E-state index is 0.232. The van der Waals surface area contributed by atoms with E-state index in [-0.39, 0.29) is 5.56 Å². The predicted octanol–water partition coefficient (Wildman–Crippen LogP) is 4.33. The number of hydrogen-bond acceptors (Lipinski definition) is 8. The predicted molar refractivity (Wildman–Crippen MR) is 131 cm³/mol. The molecule has 0 saturated carbocycles. The van der Waals surface area contributed by atoms with Crippen LogP contribution in [0.3, 0.4) is 0 Å². The van der Waals surface area contributed by atoms with Crippen LogP contribution in [0, 0.1) is 0 Å². The van der Waals surface area contributed by atoms with Crippen molar-refractivity contribution in [3.63, 3.8) is 0 Å². The van der Waals surface area contributed by atoms with Gasteiger partial charge in [-0.05, 0) is 29.8 Å². The molecule has 1 aromatic heterocycles. The van der Waals surface area contributed by atoms with Crippen LogP contribution in [0.1, 0.15) is 11.1 Å². The zero-order valence-corrected chi connectivity index (χ0v) is 19.4. The molecule has 4 aromatic rings. The minimum Gasteiger partial charge on any atom is -0.504 e. The van der Waals surface area contributed by atoms with Crippen LogP contribution in [-0.4, -0.2) is 40.4 Å². The third-order valence-corrected chi connectivity index (χ3v) is 5.94. The van der Waals surface area contributed by atoms with Gasteiger partial charge >= 0.3 is 0 Å². The molecule has 3 aromatic carbocycles. The number of aromatic nitrogens is 1. The van der Waals surface area contributed by atoms with Crippen molar-refractivity contribution in [2.75, 3.05) is 14.2 Å². The Morgan fingerprint density at radius 1 is 0.941 bits per heavy atom. The molecule has 4 rings (SSSR count). The quantitative estimate of drug-likeness (QED) is 0.271. The van der Waals surface area contributed by atoms with Gasteiger partial charge in [0.05, 0.1) is 32.7 Å². The third-order valence-electron chi connectivity index (χ3n) is 5.08. The molecule has 174 valence electrons. The molecule has 0 aliphatic rings. The molecule has 0 radical (unpaired) electrons. The lowest BCUT2D eigenvalue weighted by atomic mass is 10.1. The highest BCUT2D eigenvalue weighted by Crippen LogP contribution is 2.36. The average Bonchev–Trinajstić information content (AvgIpc) is 3.28. The highest BCUT2D eigenvalue weighted by atomic mass is 32.1. The van der Waals surface area contributed by atoms with Gasteiger partial charge in [-0.1, -0.05) is 30.3 Å². The Labute approximate surface area is 200 Å². The Morgan fingerprint density at radius 3 is 2.47 bits per heavy atom. The number of rotatable bonds is 7. The largest absolute Gasteiger partial charge is 0.504 e. The second-order valence-electron chi connectivity index (χ2n) is 7.20. The first-order valence-corrected chi connectivity index (χ1v) is 11.2. The van der Waals surface area contributed by atoms with Gasteiger partial charge in [0.2, 0.25) is 10.6 Å². The summed E-state index contributed by atoms with van der Waals surface area (Å²) in [4.78, 5) is 5.35. The van der Waals surface area contributed by atoms with Crippen molar-refractivity contribution < 1.29 is 24.8 Å². The molecule has 0 fully saturated rings. The molecule has 0 bridgehead atoms. The number of aromatic hydroxyl groups is 3. The van der Waals surface area contributed by atoms with E-state index in [0.717, 1.165) is 16.8 Å². The van der Waals surface area contributed by atoms with Crippen molar-refractivity contribution in [1.82, 2.24) is 4.68 Å². The van der Waals surface area contributed by atoms with Crippen LogP contribution in [0.4, 0.5) is 0 Å². The van der Waals surface area contributed by atoms with Gasteiger partial charge in [-0.2, -0.15) is 5.10 Å². The van der Waals surface area contributed by atoms with E-state index in [1.165, 1.54) is 29.7 Å². The Bertz CT molecular complexity index is 1390. The number of thiazole rings is 1. The standard InChI is InChI=1S/C25H23N3O5S/c1-32-18-9-10-19(22(12-18)33-2)20-15-34-25(26-13-16-6-4-3-5-7-16)28(20)27-14-17-8-11-21(29)24(31)23(17)30/h3-12,14-15,29-31H,13H2,1-2H3. The Morgan fingerprint density at radius 2 is 1.74 bits per heavy atom. The first kappa shape index (κ1) is 22.9. The Balaban J connectivity index is 1.83. The van der Waals surface area contributed by atoms with Crippen LogP contribution < -0.4 is 14.3 Å². The summed E-state index contributed by atoms with van der Waals surface area (Å²) in [5.41, 5.74) is 2.78. The highest BCUT2D eigenvalue weighted by Gasteiger charge is 2.15. The number of methoxy groups -OCH3 is 2. The van der Waals surface area contributed by atoms with Crippen LogP contribution in [0.15, 0.2) is 76.1 Å². The number of phenolic OH excluding ortho intramolecular Hbond substituents is 3. The summed E-state index contributed by atoms with van der Waals surface area (Å²) < 4.78 is 12.5. The number of hydrogen-bond donors (Lipinski definition) is 3. The second kappa shape index (κ2) is 10.1. The molecular formula is C25H23N3O5S. The lowest BCUT2D eigenvalue weighted by molar-refractivity contribution is 0.367. The molecule has 34 heavy (non-hydrogen) atoms. The molecule has 0 aliphatic carbocycles. The zero-order valence-electron chi connectivity index (χ0n) is 18.5. The molecule has 0 unspecified atom stereocenters. The fourth-order valence-electron chi connectivity index (χ4n) is 3.27. The van der Waals surface area contributed by atoms with Crippen molar-refractivity contribution in [3.8, 4) is 40.0 Å². The van der Waals surface area contributed by atoms with Crippen LogP contribution >= 0.6 is 11.3 Å². The van der Waals surface area contributed by atoms with Gasteiger partial charge < -0.3 is 24.8 Å². The van der Waals surface area contributed by atoms with Gasteiger partial charge in [0.15, 0.2) is 11.5 Å². The topological polar surface area (TPSA) is 109 Å². The summed E-state index contributed by atoms with van der Waals surface area (Å²) in [5.74, 6) is -0.235. The molecule has 9 heteroatoms. The van der Waals surface area contributed by atoms with Crippen LogP contribution in [0.5, 0.6) is 28.7 Å². The number of phenols is 3. The third kappa shape index (κ3) is 4.74. The highest BCUT2D eigenvalue weighted by molar-refractivity contribution is 7.07. The maximum absolute atomic E-state index is 10.2. The Kier molecular flexibility index (Phi) is 6.84. The molecule has 0 saturated heterocycles. The van der Waals surface area contributed by atoms with Crippen LogP contribution in [0.2, 0.25) is 0 Å². The number of nitrogens with zero attached hydrogens (tertiary/aromatic N) is 3. The molecular weight excluding hydrogens is 454 g/mol.